The molecule has 92 valence electrons. The minimum absolute atomic E-state index is 0.425. The number of carbonyl (C=O) groups is 1. The number of rotatable bonds is 1. The van der Waals surface area contributed by atoms with Crippen LogP contribution in [-0.2, 0) is 6.42 Å². The summed E-state index contributed by atoms with van der Waals surface area (Å²) in [6.07, 6.45) is 1.89. The summed E-state index contributed by atoms with van der Waals surface area (Å²) < 4.78 is 6.01. The van der Waals surface area contributed by atoms with Crippen LogP contribution in [0.1, 0.15) is 12.0 Å². The van der Waals surface area contributed by atoms with Gasteiger partial charge in [-0.05, 0) is 18.6 Å². The number of aryl methyl sites for hydroxylation is 1. The molecule has 0 aromatic heterocycles. The van der Waals surface area contributed by atoms with Crippen molar-refractivity contribution in [1.82, 2.24) is 9.80 Å². The molecule has 0 saturated heterocycles. The summed E-state index contributed by atoms with van der Waals surface area (Å²) in [6, 6.07) is 5.90. The number of nitrogens with one attached hydrogen (secondary N) is 1. The first-order chi connectivity index (χ1) is 8.03. The molecule has 1 amide bonds. The smallest absolute Gasteiger partial charge is 0.410 e. The van der Waals surface area contributed by atoms with Crippen molar-refractivity contribution < 1.29 is 9.53 Å². The highest BCUT2D eigenvalue weighted by Gasteiger charge is 2.27. The SMILES string of the molecule is CNC(=O)Oc1ccc2c(c1)[N+](C)(C)CCC2. The summed E-state index contributed by atoms with van der Waals surface area (Å²) in [4.78, 5) is 11.2. The van der Waals surface area contributed by atoms with Gasteiger partial charge in [-0.3, -0.25) is 4.48 Å². The van der Waals surface area contributed by atoms with E-state index in [1.165, 1.54) is 17.7 Å². The van der Waals surface area contributed by atoms with Crippen molar-refractivity contribution in [2.45, 2.75) is 12.8 Å². The number of carbonyl (C=O) groups excluding carboxylic acids is 1. The highest BCUT2D eigenvalue weighted by molar-refractivity contribution is 5.70. The predicted molar refractivity (Wildman–Crippen MR) is 68.4 cm³/mol. The fourth-order valence-electron chi connectivity index (χ4n) is 2.33. The molecule has 0 saturated carbocycles. The second-order valence-corrected chi connectivity index (χ2v) is 4.94. The summed E-state index contributed by atoms with van der Waals surface area (Å²) >= 11 is 0. The van der Waals surface area contributed by atoms with Crippen LogP contribution in [0.4, 0.5) is 10.5 Å². The Kier molecular flexibility index (Phi) is 3.07. The van der Waals surface area contributed by atoms with Gasteiger partial charge in [0.05, 0.1) is 20.6 Å². The third-order valence-corrected chi connectivity index (χ3v) is 3.29. The molecule has 4 heteroatoms. The quantitative estimate of drug-likeness (QED) is 0.755. The molecule has 1 heterocycles. The van der Waals surface area contributed by atoms with E-state index in [2.05, 4.69) is 25.5 Å². The fourth-order valence-corrected chi connectivity index (χ4v) is 2.33. The van der Waals surface area contributed by atoms with Gasteiger partial charge in [-0.25, -0.2) is 4.79 Å². The Morgan fingerprint density at radius 3 is 2.88 bits per heavy atom. The molecule has 1 aromatic rings. The molecule has 4 nitrogen and oxygen atoms in total. The molecule has 0 atom stereocenters. The van der Waals surface area contributed by atoms with E-state index in [0.29, 0.717) is 5.75 Å². The third kappa shape index (κ3) is 2.42. The van der Waals surface area contributed by atoms with Crippen molar-refractivity contribution >= 4 is 11.8 Å². The van der Waals surface area contributed by atoms with E-state index in [0.717, 1.165) is 17.4 Å². The van der Waals surface area contributed by atoms with Crippen LogP contribution in [0.25, 0.3) is 0 Å². The first kappa shape index (κ1) is 11.9. The monoisotopic (exact) mass is 235 g/mol. The topological polar surface area (TPSA) is 38.3 Å². The number of nitrogens with zero attached hydrogens (tertiary/aromatic N) is 1. The third-order valence-electron chi connectivity index (χ3n) is 3.29. The van der Waals surface area contributed by atoms with E-state index in [4.69, 9.17) is 4.74 Å². The average Bonchev–Trinajstić information content (AvgIpc) is 2.29. The van der Waals surface area contributed by atoms with Gasteiger partial charge in [0.1, 0.15) is 11.4 Å². The standard InChI is InChI=1S/C13H18N2O2/c1-14-13(16)17-11-7-6-10-5-4-8-15(2,3)12(10)9-11/h6-7,9H,4-5,8H2,1-3H3/p+1. The van der Waals surface area contributed by atoms with E-state index >= 15 is 0 Å². The van der Waals surface area contributed by atoms with Crippen LogP contribution in [0.5, 0.6) is 5.75 Å². The van der Waals surface area contributed by atoms with Crippen LogP contribution in [0.2, 0.25) is 0 Å². The molecule has 0 aliphatic carbocycles. The van der Waals surface area contributed by atoms with E-state index in [1.807, 2.05) is 12.1 Å². The number of benzene rings is 1. The maximum absolute atomic E-state index is 11.2. The zero-order valence-corrected chi connectivity index (χ0v) is 10.6. The van der Waals surface area contributed by atoms with E-state index in [-0.39, 0.29) is 0 Å². The van der Waals surface area contributed by atoms with Crippen LogP contribution in [0, 0.1) is 0 Å². The van der Waals surface area contributed by atoms with Crippen molar-refractivity contribution in [3.8, 4) is 5.75 Å². The molecule has 0 spiro atoms. The molecule has 0 unspecified atom stereocenters. The molecule has 2 rings (SSSR count). The van der Waals surface area contributed by atoms with E-state index < -0.39 is 6.09 Å². The van der Waals surface area contributed by atoms with E-state index in [9.17, 15) is 4.79 Å². The highest BCUT2D eigenvalue weighted by Crippen LogP contribution is 2.33. The fraction of sp³-hybridized carbons (Fsp3) is 0.462. The predicted octanol–water partition coefficient (Wildman–Crippen LogP) is 1.92. The summed E-state index contributed by atoms with van der Waals surface area (Å²) in [5.74, 6) is 0.608. The lowest BCUT2D eigenvalue weighted by atomic mass is 10.0. The van der Waals surface area contributed by atoms with Gasteiger partial charge in [-0.2, -0.15) is 0 Å². The maximum atomic E-state index is 11.2. The van der Waals surface area contributed by atoms with Crippen molar-refractivity contribution in [3.05, 3.63) is 23.8 Å². The largest absolute Gasteiger partial charge is 0.412 e. The second-order valence-electron chi connectivity index (χ2n) is 4.94. The molecular formula is C13H19N2O2+. The molecule has 1 aromatic carbocycles. The Bertz CT molecular complexity index is 441. The van der Waals surface area contributed by atoms with Crippen LogP contribution in [0.15, 0.2) is 18.2 Å². The number of amides is 1. The number of ether oxygens (including phenoxy) is 1. The molecule has 0 radical (unpaired) electrons. The van der Waals surface area contributed by atoms with Crippen molar-refractivity contribution in [2.75, 3.05) is 27.7 Å². The second kappa shape index (κ2) is 4.37. The van der Waals surface area contributed by atoms with Crippen molar-refractivity contribution in [1.29, 1.82) is 0 Å². The minimum atomic E-state index is -0.425. The van der Waals surface area contributed by atoms with Crippen LogP contribution in [-0.4, -0.2) is 33.8 Å². The number of quaternary nitrogens is 1. The van der Waals surface area contributed by atoms with E-state index in [1.54, 1.807) is 7.05 Å². The molecule has 1 N–H and O–H groups in total. The minimum Gasteiger partial charge on any atom is -0.410 e. The molecule has 17 heavy (non-hydrogen) atoms. The maximum Gasteiger partial charge on any atom is 0.412 e. The highest BCUT2D eigenvalue weighted by atomic mass is 16.5. The van der Waals surface area contributed by atoms with Crippen LogP contribution in [0.3, 0.4) is 0 Å². The van der Waals surface area contributed by atoms with Crippen molar-refractivity contribution in [2.24, 2.45) is 0 Å². The van der Waals surface area contributed by atoms with Gasteiger partial charge in [0, 0.05) is 25.1 Å². The Morgan fingerprint density at radius 1 is 1.41 bits per heavy atom. The molecule has 1 aliphatic heterocycles. The normalized spacial score (nSPS) is 17.1. The number of hydrogen-bond acceptors (Lipinski definition) is 2. The first-order valence-electron chi connectivity index (χ1n) is 5.89. The number of fused-ring (bicyclic) bond motifs is 1. The van der Waals surface area contributed by atoms with Crippen LogP contribution < -0.4 is 14.5 Å². The number of hydrogen-bond donors (Lipinski definition) is 1. The summed E-state index contributed by atoms with van der Waals surface area (Å²) in [5, 5.41) is 2.45. The summed E-state index contributed by atoms with van der Waals surface area (Å²) in [6.45, 7) is 1.12. The van der Waals surface area contributed by atoms with Crippen molar-refractivity contribution in [3.63, 3.8) is 0 Å². The Labute approximate surface area is 102 Å². The zero-order chi connectivity index (χ0) is 12.5. The molecular weight excluding hydrogens is 216 g/mol. The zero-order valence-electron chi connectivity index (χ0n) is 10.6. The first-order valence-corrected chi connectivity index (χ1v) is 5.89. The van der Waals surface area contributed by atoms with Gasteiger partial charge in [-0.1, -0.05) is 0 Å². The lowest BCUT2D eigenvalue weighted by molar-refractivity contribution is 0.203. The van der Waals surface area contributed by atoms with Gasteiger partial charge >= 0.3 is 6.09 Å². The lowest BCUT2D eigenvalue weighted by Crippen LogP contribution is -2.44. The van der Waals surface area contributed by atoms with Gasteiger partial charge in [0.15, 0.2) is 0 Å². The van der Waals surface area contributed by atoms with Gasteiger partial charge in [0.25, 0.3) is 0 Å². The Morgan fingerprint density at radius 2 is 2.18 bits per heavy atom. The summed E-state index contributed by atoms with van der Waals surface area (Å²) in [5.41, 5.74) is 2.60. The molecule has 0 bridgehead atoms. The average molecular weight is 235 g/mol. The molecule has 0 fully saturated rings. The lowest BCUT2D eigenvalue weighted by Gasteiger charge is -2.34. The van der Waals surface area contributed by atoms with Gasteiger partial charge in [0.2, 0.25) is 0 Å². The van der Waals surface area contributed by atoms with Gasteiger partial charge in [-0.15, -0.1) is 0 Å². The Hall–Kier alpha value is -1.55. The molecule has 1 aliphatic rings. The Balaban J connectivity index is 2.32. The summed E-state index contributed by atoms with van der Waals surface area (Å²) in [7, 11) is 5.92. The van der Waals surface area contributed by atoms with Crippen LogP contribution >= 0.6 is 0 Å². The van der Waals surface area contributed by atoms with Gasteiger partial charge < -0.3 is 10.1 Å².